The summed E-state index contributed by atoms with van der Waals surface area (Å²) in [5.74, 6) is -1.01. The minimum atomic E-state index is -3.73. The summed E-state index contributed by atoms with van der Waals surface area (Å²) in [7, 11) is -2.44. The molecule has 3 heterocycles. The quantitative estimate of drug-likeness (QED) is 0.666. The van der Waals surface area contributed by atoms with Crippen molar-refractivity contribution in [1.29, 1.82) is 5.41 Å². The summed E-state index contributed by atoms with van der Waals surface area (Å²) in [6, 6.07) is 5.97. The van der Waals surface area contributed by atoms with E-state index in [1.807, 2.05) is 0 Å². The van der Waals surface area contributed by atoms with Gasteiger partial charge in [0, 0.05) is 13.2 Å². The first-order valence-electron chi connectivity index (χ1n) is 7.95. The summed E-state index contributed by atoms with van der Waals surface area (Å²) in [5.41, 5.74) is -0.924. The lowest BCUT2D eigenvalue weighted by molar-refractivity contribution is 0.102. The normalized spacial score (nSPS) is 21.1. The number of nitrogens with one attached hydrogen (secondary N) is 3. The number of carbonyl (C=O) groups is 1. The molecule has 1 aliphatic heterocycles. The summed E-state index contributed by atoms with van der Waals surface area (Å²) >= 11 is 12.0. The summed E-state index contributed by atoms with van der Waals surface area (Å²) < 4.78 is 25.6. The molecule has 2 aromatic heterocycles. The Morgan fingerprint density at radius 1 is 1.32 bits per heavy atom. The highest BCUT2D eigenvalue weighted by Crippen LogP contribution is 2.32. The number of hydrogen-bond acceptors (Lipinski definition) is 6. The maximum absolute atomic E-state index is 12.4. The van der Waals surface area contributed by atoms with E-state index in [9.17, 15) is 13.2 Å². The first kappa shape index (κ1) is 20.3. The van der Waals surface area contributed by atoms with Gasteiger partial charge in [-0.1, -0.05) is 23.2 Å². The molecule has 28 heavy (non-hydrogen) atoms. The molecule has 2 aromatic rings. The van der Waals surface area contributed by atoms with Gasteiger partial charge < -0.3 is 10.6 Å². The zero-order valence-electron chi connectivity index (χ0n) is 14.8. The second kappa shape index (κ2) is 7.19. The van der Waals surface area contributed by atoms with Crippen molar-refractivity contribution in [2.24, 2.45) is 0 Å². The molecule has 148 valence electrons. The van der Waals surface area contributed by atoms with E-state index >= 15 is 0 Å². The number of anilines is 1. The van der Waals surface area contributed by atoms with Gasteiger partial charge in [-0.15, -0.1) is 0 Å². The zero-order chi connectivity index (χ0) is 20.7. The predicted octanol–water partition coefficient (Wildman–Crippen LogP) is 2.05. The minimum Gasteiger partial charge on any atom is -0.344 e. The lowest BCUT2D eigenvalue weighted by Gasteiger charge is -2.39. The van der Waals surface area contributed by atoms with Crippen LogP contribution in [0.2, 0.25) is 10.0 Å². The molecule has 0 unspecified atom stereocenters. The number of rotatable bonds is 3. The molecule has 1 amide bonds. The van der Waals surface area contributed by atoms with Crippen LogP contribution in [0.3, 0.4) is 0 Å². The molecule has 0 aromatic carbocycles. The number of aromatic nitrogens is 2. The molecular weight excluding hydrogens is 427 g/mol. The van der Waals surface area contributed by atoms with Crippen LogP contribution in [-0.2, 0) is 15.6 Å². The molecule has 0 aliphatic carbocycles. The van der Waals surface area contributed by atoms with Gasteiger partial charge in [-0.2, -0.15) is 0 Å². The molecule has 0 bridgehead atoms. The molecule has 3 N–H and O–H groups in total. The molecule has 1 saturated heterocycles. The first-order chi connectivity index (χ1) is 13.0. The van der Waals surface area contributed by atoms with Gasteiger partial charge in [0.25, 0.3) is 5.91 Å². The van der Waals surface area contributed by atoms with E-state index < -0.39 is 21.5 Å². The third-order valence-corrected chi connectivity index (χ3v) is 6.66. The van der Waals surface area contributed by atoms with E-state index in [-0.39, 0.29) is 33.9 Å². The van der Waals surface area contributed by atoms with Crippen molar-refractivity contribution in [2.45, 2.75) is 12.5 Å². The maximum Gasteiger partial charge on any atom is 0.275 e. The van der Waals surface area contributed by atoms with Crippen LogP contribution in [0.4, 0.5) is 5.82 Å². The predicted molar refractivity (Wildman–Crippen MR) is 106 cm³/mol. The van der Waals surface area contributed by atoms with Gasteiger partial charge in [0.1, 0.15) is 11.5 Å². The highest BCUT2D eigenvalue weighted by Gasteiger charge is 2.44. The van der Waals surface area contributed by atoms with Crippen LogP contribution in [-0.4, -0.2) is 47.4 Å². The molecule has 0 spiro atoms. The van der Waals surface area contributed by atoms with E-state index in [0.717, 1.165) is 4.31 Å². The Kier molecular flexibility index (Phi) is 5.22. The van der Waals surface area contributed by atoms with Crippen LogP contribution in [0, 0.1) is 5.41 Å². The van der Waals surface area contributed by atoms with Gasteiger partial charge in [-0.25, -0.2) is 22.7 Å². The smallest absolute Gasteiger partial charge is 0.275 e. The number of halogens is 2. The summed E-state index contributed by atoms with van der Waals surface area (Å²) in [6.07, 6.45) is 1.34. The average Bonchev–Trinajstić information content (AvgIpc) is 2.61. The maximum atomic E-state index is 12.4. The van der Waals surface area contributed by atoms with Gasteiger partial charge in [0.2, 0.25) is 16.0 Å². The number of nitrogens with zero attached hydrogens (tertiary/aromatic N) is 3. The van der Waals surface area contributed by atoms with Crippen LogP contribution in [0.25, 0.3) is 0 Å². The Labute approximate surface area is 171 Å². The summed E-state index contributed by atoms with van der Waals surface area (Å²) in [4.78, 5) is 20.6. The number of pyridine rings is 2. The second-order valence-electron chi connectivity index (χ2n) is 6.37. The number of amides is 1. The third kappa shape index (κ3) is 3.89. The van der Waals surface area contributed by atoms with E-state index in [4.69, 9.17) is 28.6 Å². The van der Waals surface area contributed by atoms with Crippen LogP contribution in [0.1, 0.15) is 23.1 Å². The molecule has 1 fully saturated rings. The second-order valence-corrected chi connectivity index (χ2v) is 9.22. The standard InChI is InChI=1S/C16H16Cl2N6O3S/c1-16(8-28(26,27)24(2)15(19)23-16)13-10(18)4-6-12(21-13)22-14(25)11-5-3-9(17)7-20-11/h3-7H,8H2,1-2H3,(H2,19,23)(H,21,22,25)/t16-/m0/s1. The molecule has 0 saturated carbocycles. The number of hydrogen-bond donors (Lipinski definition) is 3. The molecule has 12 heteroatoms. The largest absolute Gasteiger partial charge is 0.344 e. The van der Waals surface area contributed by atoms with Crippen molar-refractivity contribution in [3.8, 4) is 0 Å². The fourth-order valence-corrected chi connectivity index (χ4v) is 4.58. The van der Waals surface area contributed by atoms with Crippen molar-refractivity contribution < 1.29 is 13.2 Å². The Bertz CT molecular complexity index is 1060. The van der Waals surface area contributed by atoms with E-state index in [0.29, 0.717) is 5.02 Å². The number of guanidine groups is 1. The zero-order valence-corrected chi connectivity index (χ0v) is 17.2. The van der Waals surface area contributed by atoms with E-state index in [1.165, 1.54) is 37.5 Å². The highest BCUT2D eigenvalue weighted by atomic mass is 35.5. The molecule has 0 radical (unpaired) electrons. The van der Waals surface area contributed by atoms with Gasteiger partial charge >= 0.3 is 0 Å². The van der Waals surface area contributed by atoms with Gasteiger partial charge in [-0.05, 0) is 31.2 Å². The summed E-state index contributed by atoms with van der Waals surface area (Å²) in [5, 5.41) is 13.9. The molecule has 1 atom stereocenters. The monoisotopic (exact) mass is 442 g/mol. The van der Waals surface area contributed by atoms with Gasteiger partial charge in [-0.3, -0.25) is 10.2 Å². The van der Waals surface area contributed by atoms with Crippen LogP contribution in [0.5, 0.6) is 0 Å². The first-order valence-corrected chi connectivity index (χ1v) is 10.3. The fraction of sp³-hybridized carbons (Fsp3) is 0.250. The van der Waals surface area contributed by atoms with E-state index in [1.54, 1.807) is 6.92 Å². The molecule has 9 nitrogen and oxygen atoms in total. The van der Waals surface area contributed by atoms with Crippen molar-refractivity contribution in [3.05, 3.63) is 51.9 Å². The molecule has 3 rings (SSSR count). The van der Waals surface area contributed by atoms with Crippen molar-refractivity contribution >= 4 is 50.9 Å². The summed E-state index contributed by atoms with van der Waals surface area (Å²) in [6.45, 7) is 1.58. The Morgan fingerprint density at radius 3 is 2.64 bits per heavy atom. The molecular formula is C16H16Cl2N6O3S. The molecule has 1 aliphatic rings. The average molecular weight is 443 g/mol. The Morgan fingerprint density at radius 2 is 2.04 bits per heavy atom. The van der Waals surface area contributed by atoms with Crippen LogP contribution < -0.4 is 10.6 Å². The lowest BCUT2D eigenvalue weighted by Crippen LogP contribution is -2.61. The van der Waals surface area contributed by atoms with Gasteiger partial charge in [0.15, 0.2) is 0 Å². The SMILES string of the molecule is CN1C(=N)N[C@](C)(c2nc(NC(=O)c3ccc(Cl)cn3)ccc2Cl)CS1(=O)=O. The Hall–Kier alpha value is -2.43. The van der Waals surface area contributed by atoms with Crippen LogP contribution >= 0.6 is 23.2 Å². The van der Waals surface area contributed by atoms with Crippen molar-refractivity contribution in [2.75, 3.05) is 18.1 Å². The topological polar surface area (TPSA) is 128 Å². The number of sulfonamides is 1. The minimum absolute atomic E-state index is 0.135. The lowest BCUT2D eigenvalue weighted by atomic mass is 9.99. The fourth-order valence-electron chi connectivity index (χ4n) is 2.69. The van der Waals surface area contributed by atoms with Crippen LogP contribution in [0.15, 0.2) is 30.5 Å². The number of carbonyl (C=O) groups excluding carboxylic acids is 1. The van der Waals surface area contributed by atoms with Crippen molar-refractivity contribution in [3.63, 3.8) is 0 Å². The van der Waals surface area contributed by atoms with Crippen molar-refractivity contribution in [1.82, 2.24) is 19.6 Å². The highest BCUT2D eigenvalue weighted by molar-refractivity contribution is 7.89. The van der Waals surface area contributed by atoms with E-state index in [2.05, 4.69) is 20.6 Å². The van der Waals surface area contributed by atoms with Gasteiger partial charge in [0.05, 0.1) is 27.0 Å². The third-order valence-electron chi connectivity index (χ3n) is 4.17. The Balaban J connectivity index is 1.92.